The van der Waals surface area contributed by atoms with Crippen LogP contribution in [0.25, 0.3) is 0 Å². The van der Waals surface area contributed by atoms with Crippen molar-refractivity contribution in [3.05, 3.63) is 0 Å². The monoisotopic (exact) mass is 838 g/mol. The molecule has 17 heteroatoms. The molecule has 0 radical (unpaired) electrons. The molecule has 6 amide bonds. The van der Waals surface area contributed by atoms with Crippen LogP contribution in [0.5, 0.6) is 0 Å². The van der Waals surface area contributed by atoms with Gasteiger partial charge in [0.05, 0.1) is 13.7 Å². The second-order valence-corrected chi connectivity index (χ2v) is 17.6. The van der Waals surface area contributed by atoms with E-state index in [0.717, 1.165) is 58.5 Å². The van der Waals surface area contributed by atoms with Crippen LogP contribution in [0.2, 0.25) is 0 Å². The van der Waals surface area contributed by atoms with Crippen molar-refractivity contribution in [3.8, 4) is 0 Å². The molecule has 0 bridgehead atoms. The zero-order valence-electron chi connectivity index (χ0n) is 37.9. The maximum Gasteiger partial charge on any atom is 0.328 e. The minimum atomic E-state index is -1.09. The van der Waals surface area contributed by atoms with Crippen LogP contribution >= 0.6 is 0 Å². The summed E-state index contributed by atoms with van der Waals surface area (Å²) in [6, 6.07) is -5.92. The lowest BCUT2D eigenvalue weighted by Crippen LogP contribution is -2.59. The molecular formula is C42H79N9O8. The molecule has 0 aromatic carbocycles. The van der Waals surface area contributed by atoms with E-state index in [2.05, 4.69) is 47.4 Å². The number of nitrogens with zero attached hydrogens (tertiary/aromatic N) is 1. The quantitative estimate of drug-likeness (QED) is 0.0717. The average molecular weight is 838 g/mol. The number of hydrogen-bond donors (Lipinski definition) is 8. The number of ether oxygens (including phenoxy) is 1. The minimum absolute atomic E-state index is 0.0103. The number of carbonyl (C=O) groups is 7. The van der Waals surface area contributed by atoms with Gasteiger partial charge in [-0.3, -0.25) is 33.7 Å². The van der Waals surface area contributed by atoms with Crippen molar-refractivity contribution in [2.45, 2.75) is 150 Å². The van der Waals surface area contributed by atoms with Crippen LogP contribution in [0.15, 0.2) is 0 Å². The van der Waals surface area contributed by atoms with Gasteiger partial charge in [0.25, 0.3) is 0 Å². The maximum absolute atomic E-state index is 13.6. The predicted octanol–water partition coefficient (Wildman–Crippen LogP) is 0.958. The Hall–Kier alpha value is -3.83. The summed E-state index contributed by atoms with van der Waals surface area (Å²) in [5.41, 5.74) is 0. The van der Waals surface area contributed by atoms with Gasteiger partial charge in [0.2, 0.25) is 35.4 Å². The SMILES string of the molecule is COC(=O)[C@H](CC(C)C)NC(=O)[C@H](CC(C)C)NC(=O)[C@H](C)NC(=O)[C@H](CC(C)C)NC(=O)[C@H](C)NC(=O)[C@H](CC(C)C)NC(=O)CN1CCCNCCCNCCC1. The van der Waals surface area contributed by atoms with Crippen molar-refractivity contribution >= 4 is 41.4 Å². The molecule has 0 aromatic heterocycles. The van der Waals surface area contributed by atoms with Gasteiger partial charge in [-0.15, -0.1) is 0 Å². The zero-order valence-corrected chi connectivity index (χ0v) is 37.9. The van der Waals surface area contributed by atoms with Crippen LogP contribution < -0.4 is 42.5 Å². The lowest BCUT2D eigenvalue weighted by atomic mass is 10.00. The van der Waals surface area contributed by atoms with Crippen molar-refractivity contribution in [1.29, 1.82) is 0 Å². The molecule has 1 saturated heterocycles. The highest BCUT2D eigenvalue weighted by molar-refractivity contribution is 5.96. The van der Waals surface area contributed by atoms with Crippen LogP contribution in [-0.4, -0.2) is 135 Å². The van der Waals surface area contributed by atoms with Crippen molar-refractivity contribution in [1.82, 2.24) is 47.4 Å². The van der Waals surface area contributed by atoms with Crippen molar-refractivity contribution < 1.29 is 38.3 Å². The molecule has 1 aliphatic heterocycles. The fraction of sp³-hybridized carbons (Fsp3) is 0.833. The second kappa shape index (κ2) is 28.6. The number of amides is 6. The van der Waals surface area contributed by atoms with E-state index in [9.17, 15) is 33.6 Å². The molecule has 0 saturated carbocycles. The Labute approximate surface area is 353 Å². The fourth-order valence-corrected chi connectivity index (χ4v) is 6.72. The fourth-order valence-electron chi connectivity index (χ4n) is 6.72. The molecule has 0 spiro atoms. The van der Waals surface area contributed by atoms with Crippen molar-refractivity contribution in [2.75, 3.05) is 52.9 Å². The maximum atomic E-state index is 13.6. The Bertz CT molecular complexity index is 1320. The average Bonchev–Trinajstić information content (AvgIpc) is 3.13. The molecule has 59 heavy (non-hydrogen) atoms. The van der Waals surface area contributed by atoms with Crippen LogP contribution in [0.4, 0.5) is 0 Å². The van der Waals surface area contributed by atoms with E-state index in [1.807, 2.05) is 55.4 Å². The molecule has 17 nitrogen and oxygen atoms in total. The first-order chi connectivity index (χ1) is 27.7. The smallest absolute Gasteiger partial charge is 0.328 e. The molecule has 0 aliphatic carbocycles. The number of nitrogens with one attached hydrogen (secondary N) is 8. The second-order valence-electron chi connectivity index (χ2n) is 17.6. The third-order valence-electron chi connectivity index (χ3n) is 9.78. The Morgan fingerprint density at radius 2 is 0.814 bits per heavy atom. The van der Waals surface area contributed by atoms with Gasteiger partial charge in [-0.2, -0.15) is 0 Å². The summed E-state index contributed by atoms with van der Waals surface area (Å²) in [4.78, 5) is 95.0. The molecule has 8 N–H and O–H groups in total. The first kappa shape index (κ1) is 53.2. The van der Waals surface area contributed by atoms with E-state index in [4.69, 9.17) is 4.74 Å². The van der Waals surface area contributed by atoms with E-state index >= 15 is 0 Å². The lowest BCUT2D eigenvalue weighted by Gasteiger charge is -2.27. The van der Waals surface area contributed by atoms with E-state index in [0.29, 0.717) is 12.8 Å². The molecule has 6 atom stereocenters. The Balaban J connectivity index is 2.95. The summed E-state index contributed by atoms with van der Waals surface area (Å²) in [5.74, 6) is -3.60. The first-order valence-electron chi connectivity index (χ1n) is 21.8. The van der Waals surface area contributed by atoms with E-state index in [1.54, 1.807) is 0 Å². The van der Waals surface area contributed by atoms with Gasteiger partial charge < -0.3 is 47.3 Å². The van der Waals surface area contributed by atoms with Gasteiger partial charge in [-0.25, -0.2) is 4.79 Å². The van der Waals surface area contributed by atoms with E-state index in [-0.39, 0.29) is 49.0 Å². The number of hydrogen-bond acceptors (Lipinski definition) is 11. The van der Waals surface area contributed by atoms with Crippen LogP contribution in [-0.2, 0) is 38.3 Å². The Morgan fingerprint density at radius 1 is 0.475 bits per heavy atom. The molecule has 1 rings (SSSR count). The molecule has 1 fully saturated rings. The molecule has 0 unspecified atom stereocenters. The molecule has 1 aliphatic rings. The zero-order chi connectivity index (χ0) is 44.7. The Kier molecular flexibility index (Phi) is 25.8. The van der Waals surface area contributed by atoms with Gasteiger partial charge in [-0.1, -0.05) is 55.4 Å². The number of esters is 1. The topological polar surface area (TPSA) is 228 Å². The molecule has 0 aromatic rings. The summed E-state index contributed by atoms with van der Waals surface area (Å²) in [6.45, 7) is 23.5. The number of rotatable bonds is 22. The molecule has 340 valence electrons. The summed E-state index contributed by atoms with van der Waals surface area (Å²) in [7, 11) is 1.25. The van der Waals surface area contributed by atoms with E-state index in [1.165, 1.54) is 21.0 Å². The highest BCUT2D eigenvalue weighted by atomic mass is 16.5. The van der Waals surface area contributed by atoms with Gasteiger partial charge >= 0.3 is 5.97 Å². The lowest BCUT2D eigenvalue weighted by molar-refractivity contribution is -0.146. The number of carbonyl (C=O) groups excluding carboxylic acids is 7. The molecule has 1 heterocycles. The minimum Gasteiger partial charge on any atom is -0.467 e. The van der Waals surface area contributed by atoms with Crippen molar-refractivity contribution in [2.24, 2.45) is 23.7 Å². The normalized spacial score (nSPS) is 17.6. The van der Waals surface area contributed by atoms with Crippen molar-refractivity contribution in [3.63, 3.8) is 0 Å². The molecular weight excluding hydrogens is 759 g/mol. The van der Waals surface area contributed by atoms with Crippen LogP contribution in [0.3, 0.4) is 0 Å². The van der Waals surface area contributed by atoms with Gasteiger partial charge in [0.1, 0.15) is 36.3 Å². The summed E-state index contributed by atoms with van der Waals surface area (Å²) in [6.07, 6.45) is 4.11. The van der Waals surface area contributed by atoms with Crippen LogP contribution in [0.1, 0.15) is 114 Å². The third-order valence-corrected chi connectivity index (χ3v) is 9.78. The highest BCUT2D eigenvalue weighted by Crippen LogP contribution is 2.11. The third kappa shape index (κ3) is 22.9. The summed E-state index contributed by atoms with van der Waals surface area (Å²) in [5, 5.41) is 23.3. The highest BCUT2D eigenvalue weighted by Gasteiger charge is 2.32. The first-order valence-corrected chi connectivity index (χ1v) is 21.8. The van der Waals surface area contributed by atoms with Gasteiger partial charge in [0, 0.05) is 0 Å². The van der Waals surface area contributed by atoms with Gasteiger partial charge in [0.15, 0.2) is 0 Å². The summed E-state index contributed by atoms with van der Waals surface area (Å²) < 4.78 is 4.87. The van der Waals surface area contributed by atoms with Gasteiger partial charge in [-0.05, 0) is 122 Å². The standard InChI is InChI=1S/C42H79N9O8/c1-26(2)21-32(47-36(52)25-51-19-13-17-43-15-12-16-44-18-14-20-51)39(55)45-30(9)37(53)48-33(22-27(3)4)40(56)46-31(10)38(54)49-34(23-28(5)6)41(57)50-35(24-29(7)8)42(58)59-11/h26-35,43-44H,12-25H2,1-11H3,(H,45,55)(H,46,56)(H,47,52)(H,48,53)(H,49,54)(H,50,57)/t30-,31-,32-,33-,34-,35-/m0/s1. The summed E-state index contributed by atoms with van der Waals surface area (Å²) >= 11 is 0. The predicted molar refractivity (Wildman–Crippen MR) is 229 cm³/mol. The number of methoxy groups -OCH3 is 1. The largest absolute Gasteiger partial charge is 0.467 e. The van der Waals surface area contributed by atoms with E-state index < -0.39 is 71.8 Å². The van der Waals surface area contributed by atoms with Crippen LogP contribution in [0, 0.1) is 23.7 Å². The Morgan fingerprint density at radius 3 is 1.20 bits per heavy atom.